The van der Waals surface area contributed by atoms with Crippen LogP contribution in [0, 0.1) is 6.92 Å². The van der Waals surface area contributed by atoms with Crippen LogP contribution in [0.1, 0.15) is 11.3 Å². The minimum Gasteiger partial charge on any atom is -0.469 e. The second-order valence-electron chi connectivity index (χ2n) is 3.75. The highest BCUT2D eigenvalue weighted by atomic mass is 16.5. The third-order valence-corrected chi connectivity index (χ3v) is 2.37. The van der Waals surface area contributed by atoms with Crippen molar-refractivity contribution in [1.82, 2.24) is 4.98 Å². The van der Waals surface area contributed by atoms with Gasteiger partial charge in [0.05, 0.1) is 19.2 Å². The van der Waals surface area contributed by atoms with Crippen molar-refractivity contribution in [3.05, 3.63) is 41.8 Å². The first-order valence-corrected chi connectivity index (χ1v) is 5.27. The molecule has 1 heterocycles. The normalized spacial score (nSPS) is 10.2. The van der Waals surface area contributed by atoms with Crippen LogP contribution in [0.4, 0.5) is 0 Å². The summed E-state index contributed by atoms with van der Waals surface area (Å²) in [5, 5.41) is 0. The number of nitrogens with zero attached hydrogens (tertiary/aromatic N) is 1. The maximum atomic E-state index is 11.2. The van der Waals surface area contributed by atoms with Gasteiger partial charge in [0.2, 0.25) is 5.89 Å². The predicted molar refractivity (Wildman–Crippen MR) is 62.4 cm³/mol. The lowest BCUT2D eigenvalue weighted by molar-refractivity contribution is -0.139. The van der Waals surface area contributed by atoms with Gasteiger partial charge in [-0.3, -0.25) is 4.79 Å². The molecule has 0 radical (unpaired) electrons. The first kappa shape index (κ1) is 11.4. The SMILES string of the molecule is COC(=O)Cc1cccc(-c2nc(C)co2)c1. The molecule has 0 saturated carbocycles. The zero-order valence-electron chi connectivity index (χ0n) is 9.77. The van der Waals surface area contributed by atoms with Gasteiger partial charge < -0.3 is 9.15 Å². The van der Waals surface area contributed by atoms with Gasteiger partial charge in [-0.15, -0.1) is 0 Å². The van der Waals surface area contributed by atoms with Gasteiger partial charge in [0.15, 0.2) is 0 Å². The Morgan fingerprint density at radius 3 is 2.94 bits per heavy atom. The number of oxazole rings is 1. The van der Waals surface area contributed by atoms with Gasteiger partial charge in [-0.05, 0) is 24.6 Å². The van der Waals surface area contributed by atoms with Crippen LogP contribution in [0.15, 0.2) is 34.9 Å². The van der Waals surface area contributed by atoms with Crippen LogP contribution < -0.4 is 0 Å². The van der Waals surface area contributed by atoms with Crippen LogP contribution in [-0.2, 0) is 16.0 Å². The van der Waals surface area contributed by atoms with Gasteiger partial charge in [0.25, 0.3) is 0 Å². The number of carbonyl (C=O) groups is 1. The van der Waals surface area contributed by atoms with E-state index in [0.717, 1.165) is 16.8 Å². The smallest absolute Gasteiger partial charge is 0.309 e. The van der Waals surface area contributed by atoms with Gasteiger partial charge in [-0.25, -0.2) is 4.98 Å². The molecule has 1 aromatic heterocycles. The first-order valence-electron chi connectivity index (χ1n) is 5.27. The summed E-state index contributed by atoms with van der Waals surface area (Å²) in [6.07, 6.45) is 1.85. The van der Waals surface area contributed by atoms with Crippen LogP contribution in [0.3, 0.4) is 0 Å². The molecule has 1 aromatic carbocycles. The quantitative estimate of drug-likeness (QED) is 0.761. The number of ether oxygens (including phenoxy) is 1. The number of aryl methyl sites for hydroxylation is 1. The fourth-order valence-corrected chi connectivity index (χ4v) is 1.54. The topological polar surface area (TPSA) is 52.3 Å². The molecule has 0 N–H and O–H groups in total. The largest absolute Gasteiger partial charge is 0.469 e. The minimum atomic E-state index is -0.259. The summed E-state index contributed by atoms with van der Waals surface area (Å²) in [4.78, 5) is 15.4. The monoisotopic (exact) mass is 231 g/mol. The van der Waals surface area contributed by atoms with Crippen molar-refractivity contribution >= 4 is 5.97 Å². The number of aromatic nitrogens is 1. The van der Waals surface area contributed by atoms with Crippen LogP contribution in [0.5, 0.6) is 0 Å². The Morgan fingerprint density at radius 2 is 2.29 bits per heavy atom. The highest BCUT2D eigenvalue weighted by Crippen LogP contribution is 2.19. The van der Waals surface area contributed by atoms with Crippen LogP contribution >= 0.6 is 0 Å². The van der Waals surface area contributed by atoms with Gasteiger partial charge in [0, 0.05) is 5.56 Å². The zero-order chi connectivity index (χ0) is 12.3. The van der Waals surface area contributed by atoms with Gasteiger partial charge in [-0.1, -0.05) is 12.1 Å². The van der Waals surface area contributed by atoms with E-state index in [9.17, 15) is 4.79 Å². The molecule has 0 aliphatic rings. The second-order valence-corrected chi connectivity index (χ2v) is 3.75. The van der Waals surface area contributed by atoms with Gasteiger partial charge >= 0.3 is 5.97 Å². The fourth-order valence-electron chi connectivity index (χ4n) is 1.54. The van der Waals surface area contributed by atoms with Crippen LogP contribution in [0.2, 0.25) is 0 Å². The maximum absolute atomic E-state index is 11.2. The molecule has 0 aliphatic heterocycles. The van der Waals surface area contributed by atoms with Crippen molar-refractivity contribution in [3.8, 4) is 11.5 Å². The summed E-state index contributed by atoms with van der Waals surface area (Å²) in [6.45, 7) is 1.87. The number of carbonyl (C=O) groups excluding carboxylic acids is 1. The molecular formula is C13H13NO3. The van der Waals surface area contributed by atoms with Crippen molar-refractivity contribution in [2.75, 3.05) is 7.11 Å². The lowest BCUT2D eigenvalue weighted by Crippen LogP contribution is -2.04. The van der Waals surface area contributed by atoms with E-state index < -0.39 is 0 Å². The molecule has 0 saturated heterocycles. The molecule has 0 bridgehead atoms. The van der Waals surface area contributed by atoms with Gasteiger partial charge in [0.1, 0.15) is 6.26 Å². The Bertz CT molecular complexity index is 531. The molecule has 0 aliphatic carbocycles. The van der Waals surface area contributed by atoms with Crippen molar-refractivity contribution in [1.29, 1.82) is 0 Å². The van der Waals surface area contributed by atoms with E-state index in [0.29, 0.717) is 5.89 Å². The van der Waals surface area contributed by atoms with E-state index in [1.54, 1.807) is 6.26 Å². The Hall–Kier alpha value is -2.10. The number of rotatable bonds is 3. The standard InChI is InChI=1S/C13H13NO3/c1-9-8-17-13(14-9)11-5-3-4-10(6-11)7-12(15)16-2/h3-6,8H,7H2,1-2H3. The van der Waals surface area contributed by atoms with E-state index in [2.05, 4.69) is 9.72 Å². The van der Waals surface area contributed by atoms with E-state index in [1.165, 1.54) is 7.11 Å². The average molecular weight is 231 g/mol. The minimum absolute atomic E-state index is 0.254. The molecule has 88 valence electrons. The molecule has 0 amide bonds. The Kier molecular flexibility index (Phi) is 3.23. The van der Waals surface area contributed by atoms with Crippen molar-refractivity contribution in [2.24, 2.45) is 0 Å². The molecular weight excluding hydrogens is 218 g/mol. The Balaban J connectivity index is 2.25. The van der Waals surface area contributed by atoms with Crippen LogP contribution in [0.25, 0.3) is 11.5 Å². The summed E-state index contributed by atoms with van der Waals surface area (Å²) in [5.74, 6) is 0.306. The molecule has 2 rings (SSSR count). The maximum Gasteiger partial charge on any atom is 0.309 e. The molecule has 0 atom stereocenters. The predicted octanol–water partition coefficient (Wildman–Crippen LogP) is 2.37. The number of esters is 1. The number of benzene rings is 1. The summed E-state index contributed by atoms with van der Waals surface area (Å²) in [7, 11) is 1.38. The molecule has 0 fully saturated rings. The summed E-state index contributed by atoms with van der Waals surface area (Å²) < 4.78 is 9.94. The molecule has 0 spiro atoms. The molecule has 4 heteroatoms. The lowest BCUT2D eigenvalue weighted by atomic mass is 10.1. The zero-order valence-corrected chi connectivity index (χ0v) is 9.77. The third kappa shape index (κ3) is 2.72. The number of hydrogen-bond acceptors (Lipinski definition) is 4. The van der Waals surface area contributed by atoms with E-state index in [1.807, 2.05) is 31.2 Å². The highest BCUT2D eigenvalue weighted by molar-refractivity contribution is 5.73. The van der Waals surface area contributed by atoms with Gasteiger partial charge in [-0.2, -0.15) is 0 Å². The van der Waals surface area contributed by atoms with Crippen molar-refractivity contribution in [2.45, 2.75) is 13.3 Å². The summed E-state index contributed by atoms with van der Waals surface area (Å²) >= 11 is 0. The van der Waals surface area contributed by atoms with Crippen LogP contribution in [-0.4, -0.2) is 18.1 Å². The molecule has 17 heavy (non-hydrogen) atoms. The summed E-state index contributed by atoms with van der Waals surface area (Å²) in [5.41, 5.74) is 2.57. The Labute approximate surface area is 99.2 Å². The number of hydrogen-bond donors (Lipinski definition) is 0. The number of methoxy groups -OCH3 is 1. The average Bonchev–Trinajstić information content (AvgIpc) is 2.76. The Morgan fingerprint density at radius 1 is 1.47 bits per heavy atom. The van der Waals surface area contributed by atoms with Crippen molar-refractivity contribution < 1.29 is 13.9 Å². The molecule has 0 unspecified atom stereocenters. The lowest BCUT2D eigenvalue weighted by Gasteiger charge is -2.01. The third-order valence-electron chi connectivity index (χ3n) is 2.37. The van der Waals surface area contributed by atoms with E-state index in [4.69, 9.17) is 4.42 Å². The molecule has 2 aromatic rings. The highest BCUT2D eigenvalue weighted by Gasteiger charge is 2.07. The van der Waals surface area contributed by atoms with E-state index in [-0.39, 0.29) is 12.4 Å². The summed E-state index contributed by atoms with van der Waals surface area (Å²) in [6, 6.07) is 7.51. The van der Waals surface area contributed by atoms with E-state index >= 15 is 0 Å². The first-order chi connectivity index (χ1) is 8.19. The van der Waals surface area contributed by atoms with Crippen molar-refractivity contribution in [3.63, 3.8) is 0 Å². The fraction of sp³-hybridized carbons (Fsp3) is 0.231. The second kappa shape index (κ2) is 4.82. The molecule has 4 nitrogen and oxygen atoms in total.